The lowest BCUT2D eigenvalue weighted by Crippen LogP contribution is -2.21. The third kappa shape index (κ3) is 5.29. The molecule has 0 saturated heterocycles. The number of nitrogens with one attached hydrogen (secondary N) is 1. The largest absolute Gasteiger partial charge is 0.497 e. The summed E-state index contributed by atoms with van der Waals surface area (Å²) in [5.41, 5.74) is 3.96. The van der Waals surface area contributed by atoms with E-state index < -0.39 is 0 Å². The van der Waals surface area contributed by atoms with Crippen LogP contribution in [0.1, 0.15) is 25.0 Å². The van der Waals surface area contributed by atoms with Crippen LogP contribution < -0.4 is 15.0 Å². The van der Waals surface area contributed by atoms with Gasteiger partial charge in [0.2, 0.25) is 0 Å². The molecule has 0 aliphatic rings. The number of nitrogens with zero attached hydrogens (tertiary/aromatic N) is 1. The summed E-state index contributed by atoms with van der Waals surface area (Å²) in [5, 5.41) is 3.51. The van der Waals surface area contributed by atoms with Crippen molar-refractivity contribution in [3.8, 4) is 5.75 Å². The number of hydrogen-bond donors (Lipinski definition) is 1. The number of methoxy groups -OCH3 is 1. The van der Waals surface area contributed by atoms with Crippen molar-refractivity contribution in [3.05, 3.63) is 59.7 Å². The van der Waals surface area contributed by atoms with Crippen LogP contribution in [-0.4, -0.2) is 26.7 Å². The third-order valence-electron chi connectivity index (χ3n) is 4.14. The Labute approximate surface area is 140 Å². The molecule has 2 aromatic carbocycles. The van der Waals surface area contributed by atoms with Crippen molar-refractivity contribution < 1.29 is 4.74 Å². The van der Waals surface area contributed by atoms with E-state index in [1.54, 1.807) is 7.11 Å². The van der Waals surface area contributed by atoms with Crippen LogP contribution in [-0.2, 0) is 13.0 Å². The van der Waals surface area contributed by atoms with E-state index in [0.717, 1.165) is 38.3 Å². The Kier molecular flexibility index (Phi) is 6.95. The second-order valence-corrected chi connectivity index (χ2v) is 5.61. The molecule has 0 amide bonds. The maximum Gasteiger partial charge on any atom is 0.118 e. The SMILES string of the molecule is CCN(CC)c1ccc(CNCCc2ccc(OC)cc2)cc1. The zero-order valence-electron chi connectivity index (χ0n) is 14.5. The predicted molar refractivity (Wildman–Crippen MR) is 98.4 cm³/mol. The van der Waals surface area contributed by atoms with Crippen LogP contribution in [0.3, 0.4) is 0 Å². The monoisotopic (exact) mass is 312 g/mol. The van der Waals surface area contributed by atoms with Crippen molar-refractivity contribution in [1.82, 2.24) is 5.32 Å². The number of ether oxygens (including phenoxy) is 1. The Hall–Kier alpha value is -2.00. The smallest absolute Gasteiger partial charge is 0.118 e. The number of hydrogen-bond acceptors (Lipinski definition) is 3. The van der Waals surface area contributed by atoms with E-state index >= 15 is 0 Å². The summed E-state index contributed by atoms with van der Waals surface area (Å²) in [7, 11) is 1.70. The van der Waals surface area contributed by atoms with Gasteiger partial charge in [0, 0.05) is 25.3 Å². The van der Waals surface area contributed by atoms with E-state index in [9.17, 15) is 0 Å². The molecule has 0 unspecified atom stereocenters. The zero-order chi connectivity index (χ0) is 16.5. The van der Waals surface area contributed by atoms with Crippen molar-refractivity contribution in [2.45, 2.75) is 26.8 Å². The molecule has 1 N–H and O–H groups in total. The summed E-state index contributed by atoms with van der Waals surface area (Å²) >= 11 is 0. The average molecular weight is 312 g/mol. The normalized spacial score (nSPS) is 10.6. The molecule has 0 bridgehead atoms. The van der Waals surface area contributed by atoms with E-state index in [1.165, 1.54) is 16.8 Å². The van der Waals surface area contributed by atoms with Crippen LogP contribution in [0.5, 0.6) is 5.75 Å². The van der Waals surface area contributed by atoms with Crippen molar-refractivity contribution in [2.24, 2.45) is 0 Å². The molecule has 0 heterocycles. The fourth-order valence-electron chi connectivity index (χ4n) is 2.67. The summed E-state index contributed by atoms with van der Waals surface area (Å²) in [6.45, 7) is 8.38. The molecule has 0 aliphatic heterocycles. The highest BCUT2D eigenvalue weighted by Crippen LogP contribution is 2.15. The first-order chi connectivity index (χ1) is 11.3. The van der Waals surface area contributed by atoms with Gasteiger partial charge in [0.15, 0.2) is 0 Å². The Balaban J connectivity index is 1.75. The second kappa shape index (κ2) is 9.21. The molecule has 3 heteroatoms. The minimum Gasteiger partial charge on any atom is -0.497 e. The lowest BCUT2D eigenvalue weighted by molar-refractivity contribution is 0.414. The van der Waals surface area contributed by atoms with Gasteiger partial charge in [0.05, 0.1) is 7.11 Å². The number of rotatable bonds is 9. The molecular formula is C20H28N2O. The standard InChI is InChI=1S/C20H28N2O/c1-4-22(5-2)19-10-6-18(7-11-19)16-21-15-14-17-8-12-20(23-3)13-9-17/h6-13,21H,4-5,14-16H2,1-3H3. The summed E-state index contributed by atoms with van der Waals surface area (Å²) in [6, 6.07) is 17.1. The van der Waals surface area contributed by atoms with Crippen LogP contribution in [0.25, 0.3) is 0 Å². The molecule has 23 heavy (non-hydrogen) atoms. The molecule has 3 nitrogen and oxygen atoms in total. The van der Waals surface area contributed by atoms with Gasteiger partial charge in [-0.15, -0.1) is 0 Å². The van der Waals surface area contributed by atoms with Gasteiger partial charge in [-0.3, -0.25) is 0 Å². The summed E-state index contributed by atoms with van der Waals surface area (Å²) in [6.07, 6.45) is 1.03. The fourth-order valence-corrected chi connectivity index (χ4v) is 2.67. The molecule has 0 fully saturated rings. The average Bonchev–Trinajstić information content (AvgIpc) is 2.61. The van der Waals surface area contributed by atoms with Crippen molar-refractivity contribution >= 4 is 5.69 Å². The molecule has 2 aromatic rings. The first-order valence-corrected chi connectivity index (χ1v) is 8.44. The van der Waals surface area contributed by atoms with Gasteiger partial charge in [0.1, 0.15) is 5.75 Å². The highest BCUT2D eigenvalue weighted by atomic mass is 16.5. The molecule has 0 aromatic heterocycles. The minimum absolute atomic E-state index is 0.911. The topological polar surface area (TPSA) is 24.5 Å². The van der Waals surface area contributed by atoms with Gasteiger partial charge < -0.3 is 15.0 Å². The lowest BCUT2D eigenvalue weighted by atomic mass is 10.1. The molecule has 0 spiro atoms. The number of benzene rings is 2. The van der Waals surface area contributed by atoms with E-state index in [2.05, 4.69) is 60.5 Å². The fraction of sp³-hybridized carbons (Fsp3) is 0.400. The van der Waals surface area contributed by atoms with Gasteiger partial charge in [-0.05, 0) is 62.2 Å². The summed E-state index contributed by atoms with van der Waals surface area (Å²) < 4.78 is 5.18. The predicted octanol–water partition coefficient (Wildman–Crippen LogP) is 3.87. The third-order valence-corrected chi connectivity index (χ3v) is 4.14. The van der Waals surface area contributed by atoms with E-state index in [-0.39, 0.29) is 0 Å². The van der Waals surface area contributed by atoms with Crippen molar-refractivity contribution in [2.75, 3.05) is 31.6 Å². The molecule has 0 atom stereocenters. The van der Waals surface area contributed by atoms with Crippen LogP contribution in [0.4, 0.5) is 5.69 Å². The van der Waals surface area contributed by atoms with Crippen LogP contribution >= 0.6 is 0 Å². The quantitative estimate of drug-likeness (QED) is 0.711. The van der Waals surface area contributed by atoms with E-state index in [4.69, 9.17) is 4.74 Å². The molecular weight excluding hydrogens is 284 g/mol. The van der Waals surface area contributed by atoms with Gasteiger partial charge >= 0.3 is 0 Å². The van der Waals surface area contributed by atoms with Crippen molar-refractivity contribution in [3.63, 3.8) is 0 Å². The molecule has 0 aliphatic carbocycles. The molecule has 2 rings (SSSR count). The maximum atomic E-state index is 5.18. The van der Waals surface area contributed by atoms with E-state index in [1.807, 2.05) is 12.1 Å². The van der Waals surface area contributed by atoms with Gasteiger partial charge in [0.25, 0.3) is 0 Å². The van der Waals surface area contributed by atoms with Gasteiger partial charge in [-0.1, -0.05) is 24.3 Å². The number of anilines is 1. The Morgan fingerprint density at radius 2 is 1.48 bits per heavy atom. The summed E-state index contributed by atoms with van der Waals surface area (Å²) in [4.78, 5) is 2.36. The highest BCUT2D eigenvalue weighted by Gasteiger charge is 2.01. The Bertz CT molecular complexity index is 559. The Morgan fingerprint density at radius 3 is 2.04 bits per heavy atom. The zero-order valence-corrected chi connectivity index (χ0v) is 14.5. The van der Waals surface area contributed by atoms with Crippen LogP contribution in [0, 0.1) is 0 Å². The van der Waals surface area contributed by atoms with Gasteiger partial charge in [-0.25, -0.2) is 0 Å². The second-order valence-electron chi connectivity index (χ2n) is 5.61. The van der Waals surface area contributed by atoms with Crippen molar-refractivity contribution in [1.29, 1.82) is 0 Å². The lowest BCUT2D eigenvalue weighted by Gasteiger charge is -2.21. The van der Waals surface area contributed by atoms with Gasteiger partial charge in [-0.2, -0.15) is 0 Å². The highest BCUT2D eigenvalue weighted by molar-refractivity contribution is 5.47. The molecule has 0 saturated carbocycles. The Morgan fingerprint density at radius 1 is 0.870 bits per heavy atom. The molecule has 124 valence electrons. The molecule has 0 radical (unpaired) electrons. The maximum absolute atomic E-state index is 5.18. The first-order valence-electron chi connectivity index (χ1n) is 8.44. The van der Waals surface area contributed by atoms with Crippen LogP contribution in [0.15, 0.2) is 48.5 Å². The van der Waals surface area contributed by atoms with E-state index in [0.29, 0.717) is 0 Å². The summed E-state index contributed by atoms with van der Waals surface area (Å²) in [5.74, 6) is 0.912. The van der Waals surface area contributed by atoms with Crippen LogP contribution in [0.2, 0.25) is 0 Å². The minimum atomic E-state index is 0.911. The first kappa shape index (κ1) is 17.4.